The Morgan fingerprint density at radius 2 is 2.00 bits per heavy atom. The number of esters is 1. The summed E-state index contributed by atoms with van der Waals surface area (Å²) in [5.41, 5.74) is 1.04. The van der Waals surface area contributed by atoms with E-state index >= 15 is 0 Å². The molecule has 0 atom stereocenters. The largest absolute Gasteiger partial charge is 0.466 e. The maximum Gasteiger partial charge on any atom is 0.317 e. The molecule has 2 rings (SSSR count). The second-order valence-corrected chi connectivity index (χ2v) is 6.12. The van der Waals surface area contributed by atoms with E-state index in [0.717, 1.165) is 10.0 Å². The summed E-state index contributed by atoms with van der Waals surface area (Å²) in [6.07, 6.45) is 1.34. The Bertz CT molecular complexity index is 528. The SMILES string of the molecule is CCOC(=O)C1CCN(C(=O)NCc2ccccc2Br)CC1. The van der Waals surface area contributed by atoms with Crippen LogP contribution in [0.5, 0.6) is 0 Å². The highest BCUT2D eigenvalue weighted by Crippen LogP contribution is 2.19. The van der Waals surface area contributed by atoms with Crippen LogP contribution in [0.1, 0.15) is 25.3 Å². The second-order valence-electron chi connectivity index (χ2n) is 5.26. The van der Waals surface area contributed by atoms with Gasteiger partial charge in [0.15, 0.2) is 0 Å². The van der Waals surface area contributed by atoms with Gasteiger partial charge in [-0.2, -0.15) is 0 Å². The molecule has 0 unspecified atom stereocenters. The molecule has 0 bridgehead atoms. The number of benzene rings is 1. The van der Waals surface area contributed by atoms with Gasteiger partial charge in [-0.3, -0.25) is 4.79 Å². The lowest BCUT2D eigenvalue weighted by Crippen LogP contribution is -2.45. The van der Waals surface area contributed by atoms with Gasteiger partial charge in [-0.25, -0.2) is 4.79 Å². The van der Waals surface area contributed by atoms with Gasteiger partial charge >= 0.3 is 12.0 Å². The first-order valence-electron chi connectivity index (χ1n) is 7.54. The predicted molar refractivity (Wildman–Crippen MR) is 87.3 cm³/mol. The Morgan fingerprint density at radius 1 is 1.32 bits per heavy atom. The standard InChI is InChI=1S/C16H21BrN2O3/c1-2-22-15(20)12-7-9-19(10-8-12)16(21)18-11-13-5-3-4-6-14(13)17/h3-6,12H,2,7-11H2,1H3,(H,18,21). The van der Waals surface area contributed by atoms with Crippen molar-refractivity contribution in [2.45, 2.75) is 26.3 Å². The van der Waals surface area contributed by atoms with Crippen molar-refractivity contribution < 1.29 is 14.3 Å². The van der Waals surface area contributed by atoms with Gasteiger partial charge in [-0.15, -0.1) is 0 Å². The Hall–Kier alpha value is -1.56. The minimum Gasteiger partial charge on any atom is -0.466 e. The highest BCUT2D eigenvalue weighted by Gasteiger charge is 2.28. The number of piperidine rings is 1. The van der Waals surface area contributed by atoms with Crippen molar-refractivity contribution in [2.24, 2.45) is 5.92 Å². The minimum atomic E-state index is -0.143. The lowest BCUT2D eigenvalue weighted by atomic mass is 9.97. The molecule has 0 spiro atoms. The zero-order chi connectivity index (χ0) is 15.9. The molecule has 0 saturated carbocycles. The van der Waals surface area contributed by atoms with Crippen LogP contribution in [-0.2, 0) is 16.1 Å². The topological polar surface area (TPSA) is 58.6 Å². The number of urea groups is 1. The zero-order valence-electron chi connectivity index (χ0n) is 12.7. The summed E-state index contributed by atoms with van der Waals surface area (Å²) in [6.45, 7) is 3.88. The molecule has 5 nitrogen and oxygen atoms in total. The van der Waals surface area contributed by atoms with Gasteiger partial charge in [-0.1, -0.05) is 34.1 Å². The summed E-state index contributed by atoms with van der Waals surface area (Å²) in [5, 5.41) is 2.92. The second kappa shape index (κ2) is 8.17. The van der Waals surface area contributed by atoms with Crippen molar-refractivity contribution in [2.75, 3.05) is 19.7 Å². The van der Waals surface area contributed by atoms with Gasteiger partial charge in [0, 0.05) is 24.1 Å². The molecule has 1 aliphatic rings. The molecule has 1 aliphatic heterocycles. The van der Waals surface area contributed by atoms with E-state index in [1.165, 1.54) is 0 Å². The molecular formula is C16H21BrN2O3. The Morgan fingerprint density at radius 3 is 2.64 bits per heavy atom. The molecule has 6 heteroatoms. The highest BCUT2D eigenvalue weighted by molar-refractivity contribution is 9.10. The molecule has 1 aromatic rings. The van der Waals surface area contributed by atoms with Gasteiger partial charge in [0.05, 0.1) is 12.5 Å². The third-order valence-corrected chi connectivity index (χ3v) is 4.56. The summed E-state index contributed by atoms with van der Waals surface area (Å²) in [7, 11) is 0. The van der Waals surface area contributed by atoms with E-state index in [0.29, 0.717) is 39.1 Å². The summed E-state index contributed by atoms with van der Waals surface area (Å²) < 4.78 is 6.02. The van der Waals surface area contributed by atoms with E-state index < -0.39 is 0 Å². The maximum absolute atomic E-state index is 12.2. The number of likely N-dealkylation sites (tertiary alicyclic amines) is 1. The lowest BCUT2D eigenvalue weighted by Gasteiger charge is -2.30. The van der Waals surface area contributed by atoms with Crippen LogP contribution >= 0.6 is 15.9 Å². The van der Waals surface area contributed by atoms with Gasteiger partial charge in [0.2, 0.25) is 0 Å². The van der Waals surface area contributed by atoms with Crippen molar-refractivity contribution in [3.05, 3.63) is 34.3 Å². The Labute approximate surface area is 139 Å². The third kappa shape index (κ3) is 4.47. The Kier molecular flexibility index (Phi) is 6.24. The van der Waals surface area contributed by atoms with Crippen LogP contribution in [-0.4, -0.2) is 36.6 Å². The molecular weight excluding hydrogens is 348 g/mol. The van der Waals surface area contributed by atoms with E-state index in [4.69, 9.17) is 4.74 Å². The van der Waals surface area contributed by atoms with E-state index in [9.17, 15) is 9.59 Å². The minimum absolute atomic E-state index is 0.0766. The van der Waals surface area contributed by atoms with Crippen LogP contribution in [0, 0.1) is 5.92 Å². The van der Waals surface area contributed by atoms with Gasteiger partial charge in [0.1, 0.15) is 0 Å². The fourth-order valence-corrected chi connectivity index (χ4v) is 2.93. The normalized spacial score (nSPS) is 15.5. The molecule has 0 aromatic heterocycles. The number of hydrogen-bond acceptors (Lipinski definition) is 3. The van der Waals surface area contributed by atoms with Crippen molar-refractivity contribution in [3.8, 4) is 0 Å². The highest BCUT2D eigenvalue weighted by atomic mass is 79.9. The third-order valence-electron chi connectivity index (χ3n) is 3.79. The van der Waals surface area contributed by atoms with Crippen molar-refractivity contribution >= 4 is 27.9 Å². The van der Waals surface area contributed by atoms with E-state index in [1.807, 2.05) is 31.2 Å². The fourth-order valence-electron chi connectivity index (χ4n) is 2.50. The van der Waals surface area contributed by atoms with Crippen LogP contribution < -0.4 is 5.32 Å². The number of nitrogens with zero attached hydrogens (tertiary/aromatic N) is 1. The monoisotopic (exact) mass is 368 g/mol. The summed E-state index contributed by atoms with van der Waals surface area (Å²) in [5.74, 6) is -0.219. The van der Waals surface area contributed by atoms with Crippen LogP contribution in [0.25, 0.3) is 0 Å². The molecule has 1 saturated heterocycles. The van der Waals surface area contributed by atoms with Crippen LogP contribution in [0.4, 0.5) is 4.79 Å². The van der Waals surface area contributed by atoms with Gasteiger partial charge < -0.3 is 15.0 Å². The van der Waals surface area contributed by atoms with Crippen LogP contribution in [0.3, 0.4) is 0 Å². The number of hydrogen-bond donors (Lipinski definition) is 1. The molecule has 1 N–H and O–H groups in total. The fraction of sp³-hybridized carbons (Fsp3) is 0.500. The van der Waals surface area contributed by atoms with Crippen molar-refractivity contribution in [1.82, 2.24) is 10.2 Å². The molecule has 2 amide bonds. The molecule has 120 valence electrons. The molecule has 22 heavy (non-hydrogen) atoms. The summed E-state index contributed by atoms with van der Waals surface area (Å²) >= 11 is 3.46. The molecule has 1 heterocycles. The smallest absolute Gasteiger partial charge is 0.317 e. The van der Waals surface area contributed by atoms with Crippen LogP contribution in [0.15, 0.2) is 28.7 Å². The number of carbonyl (C=O) groups excluding carboxylic acids is 2. The lowest BCUT2D eigenvalue weighted by molar-refractivity contribution is -0.149. The summed E-state index contributed by atoms with van der Waals surface area (Å²) in [6, 6.07) is 7.72. The average molecular weight is 369 g/mol. The molecule has 1 fully saturated rings. The number of amides is 2. The Balaban J connectivity index is 1.78. The quantitative estimate of drug-likeness (QED) is 0.831. The first-order chi connectivity index (χ1) is 10.6. The number of rotatable bonds is 4. The molecule has 1 aromatic carbocycles. The van der Waals surface area contributed by atoms with Gasteiger partial charge in [0.25, 0.3) is 0 Å². The number of nitrogens with one attached hydrogen (secondary N) is 1. The van der Waals surface area contributed by atoms with Crippen molar-refractivity contribution in [1.29, 1.82) is 0 Å². The van der Waals surface area contributed by atoms with Gasteiger partial charge in [-0.05, 0) is 31.4 Å². The van der Waals surface area contributed by atoms with Crippen molar-refractivity contribution in [3.63, 3.8) is 0 Å². The summed E-state index contributed by atoms with van der Waals surface area (Å²) in [4.78, 5) is 25.6. The first-order valence-corrected chi connectivity index (χ1v) is 8.34. The zero-order valence-corrected chi connectivity index (χ0v) is 14.3. The van der Waals surface area contributed by atoms with E-state index in [2.05, 4.69) is 21.2 Å². The number of halogens is 1. The first kappa shape index (κ1) is 16.8. The predicted octanol–water partition coefficient (Wildman–Crippen LogP) is 2.93. The van der Waals surface area contributed by atoms with E-state index in [-0.39, 0.29) is 17.9 Å². The van der Waals surface area contributed by atoms with Crippen LogP contribution in [0.2, 0.25) is 0 Å². The maximum atomic E-state index is 12.2. The molecule has 0 radical (unpaired) electrons. The molecule has 0 aliphatic carbocycles. The van der Waals surface area contributed by atoms with E-state index in [1.54, 1.807) is 4.90 Å². The number of carbonyl (C=O) groups is 2. The number of ether oxygens (including phenoxy) is 1. The average Bonchev–Trinajstić information content (AvgIpc) is 2.54.